The van der Waals surface area contributed by atoms with Crippen molar-refractivity contribution in [2.45, 2.75) is 26.3 Å². The monoisotopic (exact) mass is 397 g/mol. The zero-order chi connectivity index (χ0) is 20.4. The second kappa shape index (κ2) is 7.98. The predicted molar refractivity (Wildman–Crippen MR) is 107 cm³/mol. The molecule has 2 aliphatic rings. The first kappa shape index (κ1) is 19.0. The van der Waals surface area contributed by atoms with Gasteiger partial charge in [-0.1, -0.05) is 13.0 Å². The van der Waals surface area contributed by atoms with E-state index < -0.39 is 4.92 Å². The minimum atomic E-state index is -0.413. The number of carbonyl (C=O) groups is 1. The number of nitro groups is 1. The van der Waals surface area contributed by atoms with Crippen LogP contribution in [0.4, 0.5) is 11.4 Å². The van der Waals surface area contributed by atoms with Crippen LogP contribution in [0.25, 0.3) is 0 Å². The highest BCUT2D eigenvalue weighted by Crippen LogP contribution is 2.33. The molecule has 0 spiro atoms. The Kier molecular flexibility index (Phi) is 5.24. The normalized spacial score (nSPS) is 17.8. The summed E-state index contributed by atoms with van der Waals surface area (Å²) >= 11 is 0. The van der Waals surface area contributed by atoms with Crippen molar-refractivity contribution >= 4 is 17.3 Å². The molecule has 0 aliphatic carbocycles. The molecule has 0 saturated carbocycles. The Balaban J connectivity index is 1.48. The van der Waals surface area contributed by atoms with Crippen molar-refractivity contribution in [3.05, 3.63) is 57.6 Å². The summed E-state index contributed by atoms with van der Waals surface area (Å²) in [6.45, 7) is 4.21. The number of amides is 1. The molecule has 4 rings (SSSR count). The molecule has 1 unspecified atom stereocenters. The second-order valence-corrected chi connectivity index (χ2v) is 7.52. The van der Waals surface area contributed by atoms with Crippen LogP contribution in [0.2, 0.25) is 0 Å². The third-order valence-corrected chi connectivity index (χ3v) is 5.32. The molecule has 8 heteroatoms. The Hall–Kier alpha value is -3.29. The summed E-state index contributed by atoms with van der Waals surface area (Å²) in [5.74, 6) is 1.46. The number of nitrogens with zero attached hydrogens (tertiary/aromatic N) is 2. The first-order valence-electron chi connectivity index (χ1n) is 9.71. The van der Waals surface area contributed by atoms with E-state index in [1.54, 1.807) is 18.2 Å². The second-order valence-electron chi connectivity index (χ2n) is 7.52. The number of hydrogen-bond donors (Lipinski definition) is 1. The smallest absolute Gasteiger partial charge is 0.293 e. The number of piperidine rings is 1. The quantitative estimate of drug-likeness (QED) is 0.613. The van der Waals surface area contributed by atoms with Gasteiger partial charge in [0.2, 0.25) is 6.79 Å². The van der Waals surface area contributed by atoms with Crippen molar-refractivity contribution in [3.63, 3.8) is 0 Å². The van der Waals surface area contributed by atoms with E-state index in [9.17, 15) is 14.9 Å². The fourth-order valence-electron chi connectivity index (χ4n) is 3.82. The van der Waals surface area contributed by atoms with Gasteiger partial charge in [-0.05, 0) is 48.6 Å². The lowest BCUT2D eigenvalue weighted by molar-refractivity contribution is -0.384. The maximum absolute atomic E-state index is 12.6. The third-order valence-electron chi connectivity index (χ3n) is 5.32. The molecule has 2 aliphatic heterocycles. The van der Waals surface area contributed by atoms with E-state index in [0.717, 1.165) is 31.5 Å². The number of fused-ring (bicyclic) bond motifs is 1. The molecule has 1 fully saturated rings. The summed E-state index contributed by atoms with van der Waals surface area (Å²) in [6, 6.07) is 10.2. The number of nitrogens with one attached hydrogen (secondary N) is 1. The summed E-state index contributed by atoms with van der Waals surface area (Å²) < 4.78 is 10.6. The number of hydrogen-bond acceptors (Lipinski definition) is 6. The summed E-state index contributed by atoms with van der Waals surface area (Å²) in [5.41, 5.74) is 1.67. The maximum atomic E-state index is 12.6. The summed E-state index contributed by atoms with van der Waals surface area (Å²) in [5, 5.41) is 14.4. The van der Waals surface area contributed by atoms with E-state index in [2.05, 4.69) is 12.2 Å². The maximum Gasteiger partial charge on any atom is 0.293 e. The number of nitro benzene ring substituents is 1. The minimum absolute atomic E-state index is 0.0326. The van der Waals surface area contributed by atoms with E-state index >= 15 is 0 Å². The zero-order valence-corrected chi connectivity index (χ0v) is 16.2. The molecule has 1 atom stereocenters. The van der Waals surface area contributed by atoms with Gasteiger partial charge in [0.25, 0.3) is 11.6 Å². The summed E-state index contributed by atoms with van der Waals surface area (Å²) in [4.78, 5) is 25.8. The number of rotatable bonds is 5. The lowest BCUT2D eigenvalue weighted by atomic mass is 9.99. The first-order chi connectivity index (χ1) is 14.0. The Bertz CT molecular complexity index is 946. The van der Waals surface area contributed by atoms with Gasteiger partial charge in [-0.2, -0.15) is 0 Å². The fraction of sp³-hybridized carbons (Fsp3) is 0.381. The van der Waals surface area contributed by atoms with Crippen molar-refractivity contribution in [3.8, 4) is 11.5 Å². The van der Waals surface area contributed by atoms with Gasteiger partial charge in [-0.3, -0.25) is 14.9 Å². The van der Waals surface area contributed by atoms with Crippen LogP contribution in [0.5, 0.6) is 11.5 Å². The molecule has 0 radical (unpaired) electrons. The van der Waals surface area contributed by atoms with Crippen LogP contribution >= 0.6 is 0 Å². The van der Waals surface area contributed by atoms with E-state index in [4.69, 9.17) is 9.47 Å². The van der Waals surface area contributed by atoms with Crippen LogP contribution in [0.3, 0.4) is 0 Å². The molecule has 0 bridgehead atoms. The van der Waals surface area contributed by atoms with Gasteiger partial charge in [0, 0.05) is 31.3 Å². The number of ether oxygens (including phenoxy) is 2. The fourth-order valence-corrected chi connectivity index (χ4v) is 3.82. The molecule has 1 saturated heterocycles. The lowest BCUT2D eigenvalue weighted by Gasteiger charge is -2.32. The van der Waals surface area contributed by atoms with Crippen LogP contribution in [-0.2, 0) is 6.54 Å². The molecule has 2 heterocycles. The summed E-state index contributed by atoms with van der Waals surface area (Å²) in [7, 11) is 0. The van der Waals surface area contributed by atoms with Gasteiger partial charge in [-0.15, -0.1) is 0 Å². The van der Waals surface area contributed by atoms with Gasteiger partial charge in [0.1, 0.15) is 5.69 Å². The van der Waals surface area contributed by atoms with Crippen LogP contribution in [-0.4, -0.2) is 30.7 Å². The largest absolute Gasteiger partial charge is 0.454 e. The van der Waals surface area contributed by atoms with Crippen LogP contribution in [0.1, 0.15) is 35.7 Å². The lowest BCUT2D eigenvalue weighted by Crippen LogP contribution is -2.34. The van der Waals surface area contributed by atoms with E-state index in [0.29, 0.717) is 23.1 Å². The zero-order valence-electron chi connectivity index (χ0n) is 16.2. The number of benzene rings is 2. The molecular weight excluding hydrogens is 374 g/mol. The average molecular weight is 397 g/mol. The van der Waals surface area contributed by atoms with Gasteiger partial charge < -0.3 is 19.7 Å². The van der Waals surface area contributed by atoms with Crippen molar-refractivity contribution in [1.29, 1.82) is 0 Å². The Morgan fingerprint density at radius 2 is 2.07 bits per heavy atom. The highest BCUT2D eigenvalue weighted by Gasteiger charge is 2.25. The van der Waals surface area contributed by atoms with Crippen molar-refractivity contribution in [1.82, 2.24) is 5.32 Å². The van der Waals surface area contributed by atoms with Gasteiger partial charge in [-0.25, -0.2) is 0 Å². The molecule has 0 aromatic heterocycles. The van der Waals surface area contributed by atoms with Gasteiger partial charge in [0.05, 0.1) is 4.92 Å². The molecule has 2 aromatic rings. The molecule has 1 amide bonds. The molecule has 8 nitrogen and oxygen atoms in total. The Labute approximate surface area is 168 Å². The first-order valence-corrected chi connectivity index (χ1v) is 9.71. The highest BCUT2D eigenvalue weighted by atomic mass is 16.7. The van der Waals surface area contributed by atoms with Crippen LogP contribution in [0, 0.1) is 16.0 Å². The SMILES string of the molecule is CC1CCCN(c2ccc(C(=O)NCc3ccc4c(c3)OCO4)cc2[N+](=O)[O-])C1. The molecular formula is C21H23N3O5. The predicted octanol–water partition coefficient (Wildman–Crippen LogP) is 3.49. The van der Waals surface area contributed by atoms with Gasteiger partial charge in [0.15, 0.2) is 11.5 Å². The van der Waals surface area contributed by atoms with Crippen LogP contribution < -0.4 is 19.7 Å². The summed E-state index contributed by atoms with van der Waals surface area (Å²) in [6.07, 6.45) is 2.14. The Morgan fingerprint density at radius 3 is 2.86 bits per heavy atom. The van der Waals surface area contributed by atoms with E-state index in [-0.39, 0.29) is 30.5 Å². The third kappa shape index (κ3) is 4.11. The molecule has 152 valence electrons. The van der Waals surface area contributed by atoms with Crippen molar-refractivity contribution in [2.75, 3.05) is 24.8 Å². The number of carbonyl (C=O) groups excluding carboxylic acids is 1. The topological polar surface area (TPSA) is 93.9 Å². The Morgan fingerprint density at radius 1 is 1.24 bits per heavy atom. The molecule has 29 heavy (non-hydrogen) atoms. The molecule has 2 aromatic carbocycles. The van der Waals surface area contributed by atoms with Gasteiger partial charge >= 0.3 is 0 Å². The van der Waals surface area contributed by atoms with E-state index in [1.807, 2.05) is 17.0 Å². The number of anilines is 1. The van der Waals surface area contributed by atoms with E-state index in [1.165, 1.54) is 6.07 Å². The molecule has 1 N–H and O–H groups in total. The highest BCUT2D eigenvalue weighted by molar-refractivity contribution is 5.95. The minimum Gasteiger partial charge on any atom is -0.454 e. The van der Waals surface area contributed by atoms with Crippen LogP contribution in [0.15, 0.2) is 36.4 Å². The standard InChI is InChI=1S/C21H23N3O5/c1-14-3-2-8-23(12-14)17-6-5-16(10-18(17)24(26)27)21(25)22-11-15-4-7-19-20(9-15)29-13-28-19/h4-7,9-10,14H,2-3,8,11-13H2,1H3,(H,22,25). The van der Waals surface area contributed by atoms with Crippen molar-refractivity contribution in [2.24, 2.45) is 5.92 Å². The average Bonchev–Trinajstić information content (AvgIpc) is 3.19. The van der Waals surface area contributed by atoms with Crippen molar-refractivity contribution < 1.29 is 19.2 Å².